The zero-order valence-corrected chi connectivity index (χ0v) is 26.9. The smallest absolute Gasteiger partial charge is 0.120 e. The maximum absolute atomic E-state index is 9.39. The summed E-state index contributed by atoms with van der Waals surface area (Å²) in [6.45, 7) is 23.6. The minimum Gasteiger partial charge on any atom is -0.396 e. The SMILES string of the molecule is C/C(=C\CO)CCCC(C)(C)O.CC(C)(O)C#CC(C)(C)O.CC(C)(O)CCCO.CC(C)CC(C)(C)O. The number of allylic oxidation sites excluding steroid dienone is 1. The predicted octanol–water partition coefficient (Wildman–Crippen LogP) is 4.73. The van der Waals surface area contributed by atoms with Crippen LogP contribution in [0, 0.1) is 17.8 Å². The highest BCUT2D eigenvalue weighted by Crippen LogP contribution is 2.15. The lowest BCUT2D eigenvalue weighted by atomic mass is 9.97. The van der Waals surface area contributed by atoms with Gasteiger partial charge >= 0.3 is 0 Å². The van der Waals surface area contributed by atoms with Crippen LogP contribution in [0.3, 0.4) is 0 Å². The number of aliphatic hydroxyl groups excluding tert-OH is 2. The van der Waals surface area contributed by atoms with Gasteiger partial charge in [0, 0.05) is 6.61 Å². The molecule has 0 heterocycles. The Morgan fingerprint density at radius 3 is 1.21 bits per heavy atom. The van der Waals surface area contributed by atoms with Gasteiger partial charge in [-0.2, -0.15) is 0 Å². The number of hydrogen-bond donors (Lipinski definition) is 7. The maximum Gasteiger partial charge on any atom is 0.120 e. The van der Waals surface area contributed by atoms with Gasteiger partial charge in [-0.25, -0.2) is 0 Å². The Labute approximate surface area is 235 Å². The van der Waals surface area contributed by atoms with Crippen LogP contribution in [0.15, 0.2) is 11.6 Å². The Morgan fingerprint density at radius 1 is 0.658 bits per heavy atom. The van der Waals surface area contributed by atoms with Gasteiger partial charge in [-0.15, -0.1) is 0 Å². The molecule has 0 rings (SSSR count). The van der Waals surface area contributed by atoms with Gasteiger partial charge < -0.3 is 35.7 Å². The first-order chi connectivity index (χ1) is 16.6. The summed E-state index contributed by atoms with van der Waals surface area (Å²) in [5, 5.41) is 62.7. The van der Waals surface area contributed by atoms with E-state index in [4.69, 9.17) is 25.5 Å². The minimum atomic E-state index is -1.01. The Hall–Kier alpha value is -0.980. The highest BCUT2D eigenvalue weighted by molar-refractivity contribution is 5.16. The first kappa shape index (κ1) is 44.1. The summed E-state index contributed by atoms with van der Waals surface area (Å²) >= 11 is 0. The molecular weight excluding hydrogens is 484 g/mol. The molecule has 0 aromatic carbocycles. The summed E-state index contributed by atoms with van der Waals surface area (Å²) in [6.07, 6.45) is 6.80. The van der Waals surface area contributed by atoms with E-state index in [1.54, 1.807) is 41.5 Å². The van der Waals surface area contributed by atoms with Crippen LogP contribution in [-0.4, -0.2) is 77.0 Å². The lowest BCUT2D eigenvalue weighted by Gasteiger charge is -2.18. The van der Waals surface area contributed by atoms with E-state index in [1.165, 1.54) is 5.57 Å². The molecule has 0 aliphatic carbocycles. The van der Waals surface area contributed by atoms with Crippen molar-refractivity contribution in [1.29, 1.82) is 0 Å². The zero-order chi connectivity index (χ0) is 31.4. The van der Waals surface area contributed by atoms with Crippen LogP contribution in [0.25, 0.3) is 0 Å². The molecule has 0 amide bonds. The average Bonchev–Trinajstić information content (AvgIpc) is 2.62. The largest absolute Gasteiger partial charge is 0.396 e. The monoisotopic (exact) mass is 548 g/mol. The molecule has 0 atom stereocenters. The highest BCUT2D eigenvalue weighted by Gasteiger charge is 2.14. The average molecular weight is 549 g/mol. The van der Waals surface area contributed by atoms with E-state index in [2.05, 4.69) is 25.7 Å². The van der Waals surface area contributed by atoms with Gasteiger partial charge in [0.2, 0.25) is 0 Å². The van der Waals surface area contributed by atoms with E-state index in [-0.39, 0.29) is 13.2 Å². The Balaban J connectivity index is -0.000000206. The Morgan fingerprint density at radius 2 is 1.03 bits per heavy atom. The van der Waals surface area contributed by atoms with Crippen LogP contribution in [-0.2, 0) is 0 Å². The van der Waals surface area contributed by atoms with E-state index in [0.717, 1.165) is 25.7 Å². The van der Waals surface area contributed by atoms with Crippen molar-refractivity contribution < 1.29 is 35.7 Å². The molecule has 7 N–H and O–H groups in total. The topological polar surface area (TPSA) is 142 Å². The molecule has 38 heavy (non-hydrogen) atoms. The maximum atomic E-state index is 9.39. The minimum absolute atomic E-state index is 0.119. The van der Waals surface area contributed by atoms with Crippen LogP contribution in [0.2, 0.25) is 0 Å². The number of rotatable bonds is 10. The number of aliphatic hydroxyl groups is 7. The molecule has 0 aromatic rings. The fourth-order valence-electron chi connectivity index (χ4n) is 2.87. The van der Waals surface area contributed by atoms with Gasteiger partial charge in [0.15, 0.2) is 0 Å². The normalized spacial score (nSPS) is 12.7. The van der Waals surface area contributed by atoms with Crippen molar-refractivity contribution in [2.45, 2.75) is 157 Å². The third-order valence-electron chi connectivity index (χ3n) is 4.33. The van der Waals surface area contributed by atoms with Crippen LogP contribution in [0.4, 0.5) is 0 Å². The molecule has 0 spiro atoms. The Bertz CT molecular complexity index is 618. The highest BCUT2D eigenvalue weighted by atomic mass is 16.3. The third kappa shape index (κ3) is 59.9. The second kappa shape index (κ2) is 20.9. The van der Waals surface area contributed by atoms with Crippen molar-refractivity contribution in [3.8, 4) is 11.8 Å². The zero-order valence-electron chi connectivity index (χ0n) is 26.9. The molecular formula is C31H64O7. The van der Waals surface area contributed by atoms with Crippen molar-refractivity contribution in [1.82, 2.24) is 0 Å². The van der Waals surface area contributed by atoms with Crippen molar-refractivity contribution in [3.63, 3.8) is 0 Å². The standard InChI is InChI=1S/C10H20O2.C8H14O2.C7H16O.C6H14O2/c1-9(6-8-11)5-4-7-10(2,3)12;1-7(2,9)5-6-8(3,4)10;1-6(2)5-7(3,4)8;1-6(2,8)4-3-5-7/h6,11-12H,4-5,7-8H2,1-3H3;9-10H,1-4H3;6,8H,5H2,1-4H3;7-8H,3-5H2,1-2H3/b9-6+;;;. The van der Waals surface area contributed by atoms with Crippen molar-refractivity contribution in [2.24, 2.45) is 5.92 Å². The van der Waals surface area contributed by atoms with Crippen molar-refractivity contribution >= 4 is 0 Å². The first-order valence-electron chi connectivity index (χ1n) is 13.7. The van der Waals surface area contributed by atoms with E-state index in [0.29, 0.717) is 18.8 Å². The molecule has 0 radical (unpaired) electrons. The molecule has 230 valence electrons. The van der Waals surface area contributed by atoms with Gasteiger partial charge in [0.05, 0.1) is 23.4 Å². The number of hydrogen-bond acceptors (Lipinski definition) is 7. The van der Waals surface area contributed by atoms with E-state index >= 15 is 0 Å². The lowest BCUT2D eigenvalue weighted by molar-refractivity contribution is 0.0577. The van der Waals surface area contributed by atoms with Crippen LogP contribution < -0.4 is 0 Å². The molecule has 0 fully saturated rings. The van der Waals surface area contributed by atoms with Crippen molar-refractivity contribution in [3.05, 3.63) is 11.6 Å². The third-order valence-corrected chi connectivity index (χ3v) is 4.33. The van der Waals surface area contributed by atoms with Gasteiger partial charge in [0.25, 0.3) is 0 Å². The van der Waals surface area contributed by atoms with E-state index in [9.17, 15) is 10.2 Å². The first-order valence-corrected chi connectivity index (χ1v) is 13.7. The van der Waals surface area contributed by atoms with Crippen LogP contribution in [0.1, 0.15) is 129 Å². The molecule has 0 saturated heterocycles. The molecule has 7 heteroatoms. The van der Waals surface area contributed by atoms with Gasteiger partial charge in [-0.05, 0) is 121 Å². The predicted molar refractivity (Wildman–Crippen MR) is 160 cm³/mol. The van der Waals surface area contributed by atoms with Gasteiger partial charge in [0.1, 0.15) is 11.2 Å². The summed E-state index contributed by atoms with van der Waals surface area (Å²) < 4.78 is 0. The molecule has 0 aromatic heterocycles. The fourth-order valence-corrected chi connectivity index (χ4v) is 2.87. The molecule has 0 aliphatic rings. The van der Waals surface area contributed by atoms with Gasteiger partial charge in [-0.3, -0.25) is 0 Å². The Kier molecular flexibility index (Phi) is 24.2. The second-order valence-electron chi connectivity index (χ2n) is 13.3. The summed E-state index contributed by atoms with van der Waals surface area (Å²) in [5.74, 6) is 5.63. The quantitative estimate of drug-likeness (QED) is 0.155. The molecule has 0 saturated carbocycles. The fraction of sp³-hybridized carbons (Fsp3) is 0.871. The summed E-state index contributed by atoms with van der Waals surface area (Å²) in [7, 11) is 0. The van der Waals surface area contributed by atoms with Gasteiger partial charge in [-0.1, -0.05) is 37.3 Å². The lowest BCUT2D eigenvalue weighted by Crippen LogP contribution is -2.20. The van der Waals surface area contributed by atoms with Crippen LogP contribution >= 0.6 is 0 Å². The molecule has 0 bridgehead atoms. The summed E-state index contributed by atoms with van der Waals surface area (Å²) in [6, 6.07) is 0. The summed E-state index contributed by atoms with van der Waals surface area (Å²) in [5.41, 5.74) is -2.47. The molecule has 0 aliphatic heterocycles. The summed E-state index contributed by atoms with van der Waals surface area (Å²) in [4.78, 5) is 0. The van der Waals surface area contributed by atoms with E-state index < -0.39 is 28.0 Å². The van der Waals surface area contributed by atoms with E-state index in [1.807, 2.05) is 40.7 Å². The van der Waals surface area contributed by atoms with Crippen molar-refractivity contribution in [2.75, 3.05) is 13.2 Å². The second-order valence-corrected chi connectivity index (χ2v) is 13.3. The molecule has 0 unspecified atom stereocenters. The van der Waals surface area contributed by atoms with Crippen LogP contribution in [0.5, 0.6) is 0 Å². The molecule has 7 nitrogen and oxygen atoms in total.